The highest BCUT2D eigenvalue weighted by atomic mass is 35.5. The monoisotopic (exact) mass is 489 g/mol. The molecule has 0 aliphatic rings. The number of aliphatic imine (C=N–C) groups is 1. The van der Waals surface area contributed by atoms with Crippen molar-refractivity contribution in [3.63, 3.8) is 0 Å². The van der Waals surface area contributed by atoms with Gasteiger partial charge in [-0.2, -0.15) is 5.26 Å². The zero-order valence-corrected chi connectivity index (χ0v) is 21.0. The van der Waals surface area contributed by atoms with E-state index in [4.69, 9.17) is 16.0 Å². The molecule has 0 aliphatic carbocycles. The van der Waals surface area contributed by atoms with Crippen LogP contribution in [0.2, 0.25) is 5.02 Å². The highest BCUT2D eigenvalue weighted by molar-refractivity contribution is 6.31. The van der Waals surface area contributed by atoms with Crippen LogP contribution in [0.25, 0.3) is 28.1 Å². The summed E-state index contributed by atoms with van der Waals surface area (Å²) in [6.07, 6.45) is 1.76. The lowest BCUT2D eigenvalue weighted by Gasteiger charge is -2.11. The third-order valence-corrected chi connectivity index (χ3v) is 6.71. The van der Waals surface area contributed by atoms with Gasteiger partial charge in [-0.15, -0.1) is 0 Å². The Morgan fingerprint density at radius 2 is 1.56 bits per heavy atom. The van der Waals surface area contributed by atoms with Crippen LogP contribution >= 0.6 is 11.6 Å². The van der Waals surface area contributed by atoms with Crippen LogP contribution in [0, 0.1) is 32.1 Å². The molecule has 2 aromatic heterocycles. The van der Waals surface area contributed by atoms with E-state index in [1.165, 1.54) is 0 Å². The molecule has 0 bridgehead atoms. The largest absolute Gasteiger partial charge is 0.436 e. The molecule has 0 saturated carbocycles. The predicted molar refractivity (Wildman–Crippen MR) is 147 cm³/mol. The van der Waals surface area contributed by atoms with Gasteiger partial charge in [-0.1, -0.05) is 78.3 Å². The van der Waals surface area contributed by atoms with Crippen LogP contribution in [-0.4, -0.2) is 10.8 Å². The molecule has 5 rings (SSSR count). The van der Waals surface area contributed by atoms with Crippen LogP contribution in [0.5, 0.6) is 0 Å². The van der Waals surface area contributed by atoms with Crippen LogP contribution in [-0.2, 0) is 0 Å². The summed E-state index contributed by atoms with van der Waals surface area (Å²) in [6.45, 7) is 6.08. The zero-order valence-electron chi connectivity index (χ0n) is 20.3. The molecule has 3 aromatic carbocycles. The summed E-state index contributed by atoms with van der Waals surface area (Å²) in [7, 11) is 0. The topological polar surface area (TPSA) is 54.2 Å². The van der Waals surface area contributed by atoms with E-state index < -0.39 is 0 Å². The van der Waals surface area contributed by atoms with Gasteiger partial charge in [-0.3, -0.25) is 0 Å². The minimum Gasteiger partial charge on any atom is -0.436 e. The molecular weight excluding hydrogens is 466 g/mol. The Balaban J connectivity index is 1.61. The molecule has 2 heterocycles. The van der Waals surface area contributed by atoms with Crippen molar-refractivity contribution in [2.45, 2.75) is 20.8 Å². The van der Waals surface area contributed by atoms with E-state index >= 15 is 0 Å². The Morgan fingerprint density at radius 1 is 0.889 bits per heavy atom. The van der Waals surface area contributed by atoms with Crippen LogP contribution in [0.15, 0.2) is 94.3 Å². The van der Waals surface area contributed by atoms with E-state index in [9.17, 15) is 5.26 Å². The third-order valence-electron chi connectivity index (χ3n) is 6.30. The maximum absolute atomic E-state index is 10.1. The minimum atomic E-state index is 0.290. The summed E-state index contributed by atoms with van der Waals surface area (Å²) in [5.41, 5.74) is 8.01. The highest BCUT2D eigenvalue weighted by Gasteiger charge is 2.22. The molecular formula is C31H24ClN3O. The number of halogens is 1. The first-order chi connectivity index (χ1) is 17.5. The predicted octanol–water partition coefficient (Wildman–Crippen LogP) is 8.61. The minimum absolute atomic E-state index is 0.290. The molecule has 0 N–H and O–H groups in total. The van der Waals surface area contributed by atoms with Crippen molar-refractivity contribution < 1.29 is 4.42 Å². The fraction of sp³-hybridized carbons (Fsp3) is 0.0968. The first-order valence-corrected chi connectivity index (χ1v) is 12.0. The summed E-state index contributed by atoms with van der Waals surface area (Å²) in [5.74, 6) is 0.920. The van der Waals surface area contributed by atoms with Crippen molar-refractivity contribution in [1.29, 1.82) is 5.26 Å². The molecule has 0 amide bonds. The van der Waals surface area contributed by atoms with Crippen molar-refractivity contribution in [3.05, 3.63) is 118 Å². The number of furan rings is 1. The number of rotatable bonds is 5. The second kappa shape index (κ2) is 9.73. The number of aromatic nitrogens is 1. The Hall–Kier alpha value is -4.33. The zero-order chi connectivity index (χ0) is 25.2. The maximum Gasteiger partial charge on any atom is 0.238 e. The molecule has 0 spiro atoms. The molecule has 0 fully saturated rings. The van der Waals surface area contributed by atoms with Crippen molar-refractivity contribution in [2.24, 2.45) is 4.99 Å². The second-order valence-corrected chi connectivity index (χ2v) is 9.09. The van der Waals surface area contributed by atoms with Gasteiger partial charge in [0.1, 0.15) is 17.4 Å². The van der Waals surface area contributed by atoms with Crippen molar-refractivity contribution in [2.75, 3.05) is 0 Å². The van der Waals surface area contributed by atoms with Crippen LogP contribution in [0.4, 0.5) is 5.88 Å². The van der Waals surface area contributed by atoms with Gasteiger partial charge < -0.3 is 8.98 Å². The number of hydrogen-bond donors (Lipinski definition) is 0. The lowest BCUT2D eigenvalue weighted by Crippen LogP contribution is -1.99. The lowest BCUT2D eigenvalue weighted by molar-refractivity contribution is 0.593. The van der Waals surface area contributed by atoms with Gasteiger partial charge in [0, 0.05) is 45.0 Å². The number of aryl methyl sites for hydroxylation is 2. The number of nitriles is 1. The standard InChI is InChI=1S/C31H24ClN3O/c1-20-14-15-26(17-28(20)32)35-21(2)16-25(22(35)3)19-34-31-27(18-33)29(23-10-6-4-7-11-23)30(36-31)24-12-8-5-9-13-24/h4-17,19H,1-3H3. The molecule has 0 radical (unpaired) electrons. The van der Waals surface area contributed by atoms with Gasteiger partial charge >= 0.3 is 0 Å². The molecule has 176 valence electrons. The van der Waals surface area contributed by atoms with Crippen molar-refractivity contribution in [3.8, 4) is 34.2 Å². The third kappa shape index (κ3) is 4.26. The Bertz CT molecular complexity index is 1620. The normalized spacial score (nSPS) is 11.2. The quantitative estimate of drug-likeness (QED) is 0.232. The van der Waals surface area contributed by atoms with E-state index in [0.717, 1.165) is 49.9 Å². The van der Waals surface area contributed by atoms with Gasteiger partial charge in [-0.25, -0.2) is 4.99 Å². The van der Waals surface area contributed by atoms with Crippen LogP contribution < -0.4 is 0 Å². The summed E-state index contributed by atoms with van der Waals surface area (Å²) >= 11 is 6.39. The SMILES string of the molecule is Cc1ccc(-n2c(C)cc(C=Nc3oc(-c4ccccc4)c(-c4ccccc4)c3C#N)c2C)cc1Cl. The molecule has 0 unspecified atom stereocenters. The molecule has 0 aliphatic heterocycles. The van der Waals surface area contributed by atoms with Crippen LogP contribution in [0.3, 0.4) is 0 Å². The van der Waals surface area contributed by atoms with Gasteiger partial charge in [0.25, 0.3) is 0 Å². The summed E-state index contributed by atoms with van der Waals surface area (Å²) in [5, 5.41) is 10.8. The lowest BCUT2D eigenvalue weighted by atomic mass is 9.98. The fourth-order valence-electron chi connectivity index (χ4n) is 4.45. The maximum atomic E-state index is 10.1. The van der Waals surface area contributed by atoms with Crippen LogP contribution in [0.1, 0.15) is 28.1 Å². The van der Waals surface area contributed by atoms with Crippen molar-refractivity contribution in [1.82, 2.24) is 4.57 Å². The summed E-state index contributed by atoms with van der Waals surface area (Å²) < 4.78 is 8.39. The highest BCUT2D eigenvalue weighted by Crippen LogP contribution is 2.42. The van der Waals surface area contributed by atoms with E-state index in [2.05, 4.69) is 27.8 Å². The first kappa shape index (κ1) is 23.4. The smallest absolute Gasteiger partial charge is 0.238 e. The first-order valence-electron chi connectivity index (χ1n) is 11.6. The number of hydrogen-bond acceptors (Lipinski definition) is 3. The summed E-state index contributed by atoms with van der Waals surface area (Å²) in [6, 6.07) is 30.1. The Morgan fingerprint density at radius 3 is 2.19 bits per heavy atom. The number of nitrogens with zero attached hydrogens (tertiary/aromatic N) is 3. The van der Waals surface area contributed by atoms with E-state index in [0.29, 0.717) is 17.2 Å². The van der Waals surface area contributed by atoms with E-state index in [-0.39, 0.29) is 0 Å². The van der Waals surface area contributed by atoms with E-state index in [1.807, 2.05) is 93.6 Å². The Labute approximate surface area is 215 Å². The molecule has 4 nitrogen and oxygen atoms in total. The average Bonchev–Trinajstić information content (AvgIpc) is 3.41. The average molecular weight is 490 g/mol. The van der Waals surface area contributed by atoms with Crippen molar-refractivity contribution >= 4 is 23.7 Å². The second-order valence-electron chi connectivity index (χ2n) is 8.68. The molecule has 0 atom stereocenters. The fourth-order valence-corrected chi connectivity index (χ4v) is 4.63. The van der Waals surface area contributed by atoms with Gasteiger partial charge in [0.15, 0.2) is 0 Å². The molecule has 0 saturated heterocycles. The Kier molecular flexibility index (Phi) is 6.33. The molecule has 5 heteroatoms. The number of benzene rings is 3. The molecule has 5 aromatic rings. The van der Waals surface area contributed by atoms with E-state index in [1.54, 1.807) is 6.21 Å². The van der Waals surface area contributed by atoms with Gasteiger partial charge in [0.2, 0.25) is 5.88 Å². The summed E-state index contributed by atoms with van der Waals surface area (Å²) in [4.78, 5) is 4.67. The van der Waals surface area contributed by atoms with Gasteiger partial charge in [0.05, 0.1) is 0 Å². The van der Waals surface area contributed by atoms with Gasteiger partial charge in [-0.05, 0) is 50.1 Å². The molecule has 36 heavy (non-hydrogen) atoms.